The van der Waals surface area contributed by atoms with Gasteiger partial charge in [0.25, 0.3) is 5.91 Å². The standard InChI is InChI=1S/C23H21Cl2N7O3S/c1-13-6-7-15(12-27-13)30-23-28-11-14-10-16(19-17(24)4-3-5-18(19)25)20(31-21(14)32-23)22(33)26-8-9-29-36(2,34)35/h3-7,10-12,29H,8-9H2,1-2H3,(H,26,33)(H,28,30,31,32). The summed E-state index contributed by atoms with van der Waals surface area (Å²) in [5.41, 5.74) is 2.67. The van der Waals surface area contributed by atoms with Gasteiger partial charge in [0.1, 0.15) is 5.69 Å². The minimum Gasteiger partial charge on any atom is -0.349 e. The lowest BCUT2D eigenvalue weighted by Crippen LogP contribution is -2.34. The van der Waals surface area contributed by atoms with Crippen molar-refractivity contribution in [2.75, 3.05) is 24.7 Å². The lowest BCUT2D eigenvalue weighted by Gasteiger charge is -2.14. The Labute approximate surface area is 217 Å². The Bertz CT molecular complexity index is 1530. The van der Waals surface area contributed by atoms with E-state index in [1.165, 1.54) is 0 Å². The monoisotopic (exact) mass is 545 g/mol. The fourth-order valence-electron chi connectivity index (χ4n) is 3.31. The molecule has 3 N–H and O–H groups in total. The summed E-state index contributed by atoms with van der Waals surface area (Å²) in [5, 5.41) is 6.95. The summed E-state index contributed by atoms with van der Waals surface area (Å²) in [6, 6.07) is 10.4. The molecule has 0 bridgehead atoms. The Kier molecular flexibility index (Phi) is 7.65. The van der Waals surface area contributed by atoms with Gasteiger partial charge in [-0.1, -0.05) is 29.3 Å². The second-order valence-electron chi connectivity index (χ2n) is 7.82. The third-order valence-electron chi connectivity index (χ3n) is 4.96. The number of amides is 1. The zero-order valence-corrected chi connectivity index (χ0v) is 21.5. The molecule has 36 heavy (non-hydrogen) atoms. The average molecular weight is 546 g/mol. The minimum atomic E-state index is -3.39. The van der Waals surface area contributed by atoms with E-state index >= 15 is 0 Å². The molecule has 4 rings (SSSR count). The molecule has 10 nitrogen and oxygen atoms in total. The number of aromatic nitrogens is 4. The summed E-state index contributed by atoms with van der Waals surface area (Å²) in [6.07, 6.45) is 4.27. The first kappa shape index (κ1) is 25.7. The fraction of sp³-hybridized carbons (Fsp3) is 0.174. The lowest BCUT2D eigenvalue weighted by molar-refractivity contribution is 0.0950. The quantitative estimate of drug-likeness (QED) is 0.284. The molecule has 0 aliphatic heterocycles. The molecule has 0 saturated heterocycles. The van der Waals surface area contributed by atoms with Crippen LogP contribution in [-0.2, 0) is 10.0 Å². The first-order chi connectivity index (χ1) is 17.1. The third kappa shape index (κ3) is 6.24. The van der Waals surface area contributed by atoms with Gasteiger partial charge in [-0.05, 0) is 37.3 Å². The van der Waals surface area contributed by atoms with Gasteiger partial charge >= 0.3 is 0 Å². The van der Waals surface area contributed by atoms with Crippen molar-refractivity contribution in [2.24, 2.45) is 0 Å². The van der Waals surface area contributed by atoms with E-state index < -0.39 is 15.9 Å². The Balaban J connectivity index is 1.73. The van der Waals surface area contributed by atoms with Gasteiger partial charge in [-0.2, -0.15) is 4.98 Å². The van der Waals surface area contributed by atoms with Crippen LogP contribution in [0.2, 0.25) is 10.0 Å². The van der Waals surface area contributed by atoms with E-state index in [-0.39, 0.29) is 30.4 Å². The van der Waals surface area contributed by atoms with Crippen molar-refractivity contribution in [1.29, 1.82) is 0 Å². The number of fused-ring (bicyclic) bond motifs is 1. The maximum atomic E-state index is 13.1. The zero-order chi connectivity index (χ0) is 25.9. The van der Waals surface area contributed by atoms with Gasteiger partial charge in [0.2, 0.25) is 16.0 Å². The van der Waals surface area contributed by atoms with E-state index in [2.05, 4.69) is 35.3 Å². The smallest absolute Gasteiger partial charge is 0.270 e. The van der Waals surface area contributed by atoms with E-state index in [4.69, 9.17) is 23.2 Å². The molecule has 186 valence electrons. The molecule has 1 amide bonds. The van der Waals surface area contributed by atoms with E-state index in [0.29, 0.717) is 32.2 Å². The number of nitrogens with one attached hydrogen (secondary N) is 3. The Morgan fingerprint density at radius 3 is 2.42 bits per heavy atom. The molecule has 0 spiro atoms. The zero-order valence-electron chi connectivity index (χ0n) is 19.2. The number of anilines is 2. The molecule has 0 unspecified atom stereocenters. The molecule has 4 aromatic rings. The van der Waals surface area contributed by atoms with Gasteiger partial charge in [0, 0.05) is 51.5 Å². The highest BCUT2D eigenvalue weighted by Gasteiger charge is 2.21. The van der Waals surface area contributed by atoms with Crippen molar-refractivity contribution in [3.05, 3.63) is 70.2 Å². The van der Waals surface area contributed by atoms with Crippen LogP contribution < -0.4 is 15.4 Å². The topological polar surface area (TPSA) is 139 Å². The van der Waals surface area contributed by atoms with Crippen LogP contribution in [0.25, 0.3) is 22.2 Å². The van der Waals surface area contributed by atoms with E-state index in [9.17, 15) is 13.2 Å². The number of aryl methyl sites for hydroxylation is 1. The van der Waals surface area contributed by atoms with Crippen LogP contribution in [-0.4, -0.2) is 53.6 Å². The first-order valence-corrected chi connectivity index (χ1v) is 13.3. The number of sulfonamides is 1. The van der Waals surface area contributed by atoms with Crippen molar-refractivity contribution in [3.8, 4) is 11.1 Å². The fourth-order valence-corrected chi connectivity index (χ4v) is 4.38. The summed E-state index contributed by atoms with van der Waals surface area (Å²) in [5.74, 6) is -0.276. The molecular weight excluding hydrogens is 525 g/mol. The molecule has 0 aliphatic rings. The highest BCUT2D eigenvalue weighted by atomic mass is 35.5. The molecule has 3 heterocycles. The SMILES string of the molecule is Cc1ccc(Nc2ncc3cc(-c4c(Cl)cccc4Cl)c(C(=O)NCCNS(C)(=O)=O)nc3n2)cn1. The number of pyridine rings is 2. The Morgan fingerprint density at radius 2 is 1.75 bits per heavy atom. The Morgan fingerprint density at radius 1 is 1.00 bits per heavy atom. The summed E-state index contributed by atoms with van der Waals surface area (Å²) >= 11 is 12.9. The average Bonchev–Trinajstić information content (AvgIpc) is 2.82. The van der Waals surface area contributed by atoms with E-state index in [1.54, 1.807) is 36.7 Å². The van der Waals surface area contributed by atoms with Crippen LogP contribution in [0, 0.1) is 6.92 Å². The molecule has 0 saturated carbocycles. The molecule has 0 aliphatic carbocycles. The number of carbonyl (C=O) groups excluding carboxylic acids is 1. The maximum Gasteiger partial charge on any atom is 0.270 e. The predicted octanol–water partition coefficient (Wildman–Crippen LogP) is 3.72. The van der Waals surface area contributed by atoms with Crippen LogP contribution >= 0.6 is 23.2 Å². The highest BCUT2D eigenvalue weighted by molar-refractivity contribution is 7.88. The lowest BCUT2D eigenvalue weighted by atomic mass is 10.0. The molecule has 1 aromatic carbocycles. The summed E-state index contributed by atoms with van der Waals surface area (Å²) in [6.45, 7) is 1.94. The van der Waals surface area contributed by atoms with Gasteiger partial charge in [0.05, 0.1) is 18.1 Å². The number of rotatable bonds is 8. The van der Waals surface area contributed by atoms with E-state index in [0.717, 1.165) is 11.9 Å². The van der Waals surface area contributed by atoms with Gasteiger partial charge in [0.15, 0.2) is 5.65 Å². The molecule has 13 heteroatoms. The van der Waals surface area contributed by atoms with Gasteiger partial charge in [-0.3, -0.25) is 9.78 Å². The summed E-state index contributed by atoms with van der Waals surface area (Å²) in [4.78, 5) is 30.7. The van der Waals surface area contributed by atoms with Crippen molar-refractivity contribution >= 4 is 61.8 Å². The highest BCUT2D eigenvalue weighted by Crippen LogP contribution is 2.37. The number of hydrogen-bond acceptors (Lipinski definition) is 8. The Hall–Kier alpha value is -3.38. The van der Waals surface area contributed by atoms with Crippen molar-refractivity contribution in [2.45, 2.75) is 6.92 Å². The number of benzene rings is 1. The third-order valence-corrected chi connectivity index (χ3v) is 6.32. The van der Waals surface area contributed by atoms with Crippen molar-refractivity contribution < 1.29 is 13.2 Å². The molecule has 0 radical (unpaired) electrons. The predicted molar refractivity (Wildman–Crippen MR) is 140 cm³/mol. The molecule has 0 atom stereocenters. The number of halogens is 2. The minimum absolute atomic E-state index is 0.0150. The number of nitrogens with zero attached hydrogens (tertiary/aromatic N) is 4. The second-order valence-corrected chi connectivity index (χ2v) is 10.5. The molecule has 3 aromatic heterocycles. The van der Waals surface area contributed by atoms with Crippen LogP contribution in [0.15, 0.2) is 48.8 Å². The van der Waals surface area contributed by atoms with Gasteiger partial charge in [-0.15, -0.1) is 0 Å². The van der Waals surface area contributed by atoms with Gasteiger partial charge < -0.3 is 10.6 Å². The van der Waals surface area contributed by atoms with Crippen LogP contribution in [0.1, 0.15) is 16.2 Å². The summed E-state index contributed by atoms with van der Waals surface area (Å²) in [7, 11) is -3.39. The number of hydrogen-bond donors (Lipinski definition) is 3. The second kappa shape index (κ2) is 10.7. The van der Waals surface area contributed by atoms with Crippen molar-refractivity contribution in [1.82, 2.24) is 30.0 Å². The van der Waals surface area contributed by atoms with Gasteiger partial charge in [-0.25, -0.2) is 23.1 Å². The van der Waals surface area contributed by atoms with E-state index in [1.807, 2.05) is 19.1 Å². The van der Waals surface area contributed by atoms with Crippen LogP contribution in [0.5, 0.6) is 0 Å². The van der Waals surface area contributed by atoms with Crippen LogP contribution in [0.3, 0.4) is 0 Å². The summed E-state index contributed by atoms with van der Waals surface area (Å²) < 4.78 is 24.9. The first-order valence-electron chi connectivity index (χ1n) is 10.7. The maximum absolute atomic E-state index is 13.1. The van der Waals surface area contributed by atoms with Crippen molar-refractivity contribution in [3.63, 3.8) is 0 Å². The largest absolute Gasteiger partial charge is 0.349 e. The number of carbonyl (C=O) groups is 1. The molecule has 0 fully saturated rings. The normalized spacial score (nSPS) is 11.4. The van der Waals surface area contributed by atoms with Crippen LogP contribution in [0.4, 0.5) is 11.6 Å². The molecular formula is C23H21Cl2N7O3S.